The van der Waals surface area contributed by atoms with Gasteiger partial charge in [-0.2, -0.15) is 26.3 Å². The highest BCUT2D eigenvalue weighted by Crippen LogP contribution is 2.37. The topological polar surface area (TPSA) is 107 Å². The smallest absolute Gasteiger partial charge is 0.352 e. The number of carbonyl (C=O) groups excluding carboxylic acids is 1. The molecule has 174 valence electrons. The van der Waals surface area contributed by atoms with Crippen molar-refractivity contribution in [2.45, 2.75) is 18.8 Å². The number of halogens is 6. The molecule has 1 aromatic heterocycles. The molecule has 0 aliphatic carbocycles. The van der Waals surface area contributed by atoms with Crippen molar-refractivity contribution in [2.75, 3.05) is 13.1 Å². The predicted octanol–water partition coefficient (Wildman–Crippen LogP) is 3.72. The molecule has 0 aliphatic rings. The molecule has 0 unspecified atom stereocenters. The molecule has 0 bridgehead atoms. The summed E-state index contributed by atoms with van der Waals surface area (Å²) in [6.45, 7) is 0.853. The first-order valence-corrected chi connectivity index (χ1v) is 9.45. The third-order valence-corrected chi connectivity index (χ3v) is 4.40. The zero-order chi connectivity index (χ0) is 24.2. The Morgan fingerprint density at radius 3 is 1.73 bits per heavy atom. The van der Waals surface area contributed by atoms with Crippen LogP contribution in [0, 0.1) is 0 Å². The van der Waals surface area contributed by atoms with Gasteiger partial charge >= 0.3 is 12.4 Å². The highest BCUT2D eigenvalue weighted by Gasteiger charge is 2.37. The van der Waals surface area contributed by atoms with E-state index in [4.69, 9.17) is 5.73 Å². The minimum absolute atomic E-state index is 0.00641. The van der Waals surface area contributed by atoms with Crippen LogP contribution in [0.2, 0.25) is 0 Å². The summed E-state index contributed by atoms with van der Waals surface area (Å²) in [5.74, 6) is -0.851. The first-order chi connectivity index (χ1) is 15.5. The highest BCUT2D eigenvalue weighted by atomic mass is 19.4. The van der Waals surface area contributed by atoms with E-state index >= 15 is 0 Å². The van der Waals surface area contributed by atoms with E-state index in [-0.39, 0.29) is 17.8 Å². The van der Waals surface area contributed by atoms with E-state index < -0.39 is 34.9 Å². The predicted molar refractivity (Wildman–Crippen MR) is 105 cm³/mol. The number of benzene rings is 2. The van der Waals surface area contributed by atoms with Gasteiger partial charge in [0.15, 0.2) is 0 Å². The number of aromatic nitrogens is 4. The normalized spacial score (nSPS) is 12.0. The monoisotopic (exact) mass is 470 g/mol. The second kappa shape index (κ2) is 9.48. The summed E-state index contributed by atoms with van der Waals surface area (Å²) in [4.78, 5) is 12.0. The fourth-order valence-electron chi connectivity index (χ4n) is 2.72. The van der Waals surface area contributed by atoms with Gasteiger partial charge in [-0.3, -0.25) is 4.79 Å². The third-order valence-electron chi connectivity index (χ3n) is 4.40. The Morgan fingerprint density at radius 2 is 1.27 bits per heavy atom. The van der Waals surface area contributed by atoms with Gasteiger partial charge in [0.2, 0.25) is 11.6 Å². The number of rotatable bonds is 6. The quantitative estimate of drug-likeness (QED) is 0.420. The Balaban J connectivity index is 1.85. The summed E-state index contributed by atoms with van der Waals surface area (Å²) in [6, 6.07) is 6.98. The second-order valence-electron chi connectivity index (χ2n) is 6.82. The summed E-state index contributed by atoms with van der Waals surface area (Å²) >= 11 is 0. The van der Waals surface area contributed by atoms with Crippen LogP contribution in [-0.2, 0) is 12.4 Å². The fraction of sp³-hybridized carbons (Fsp3) is 0.250. The maximum atomic E-state index is 13.0. The van der Waals surface area contributed by atoms with E-state index in [0.717, 1.165) is 0 Å². The van der Waals surface area contributed by atoms with Crippen molar-refractivity contribution >= 4 is 5.91 Å². The maximum absolute atomic E-state index is 13.0. The Morgan fingerprint density at radius 1 is 0.788 bits per heavy atom. The molecule has 7 nitrogen and oxygen atoms in total. The van der Waals surface area contributed by atoms with Gasteiger partial charge in [-0.1, -0.05) is 12.1 Å². The molecule has 1 heterocycles. The van der Waals surface area contributed by atoms with Crippen LogP contribution in [0.5, 0.6) is 0 Å². The van der Waals surface area contributed by atoms with E-state index in [1.165, 1.54) is 24.3 Å². The van der Waals surface area contributed by atoms with E-state index in [0.29, 0.717) is 42.8 Å². The van der Waals surface area contributed by atoms with Gasteiger partial charge < -0.3 is 11.1 Å². The van der Waals surface area contributed by atoms with Gasteiger partial charge in [-0.15, -0.1) is 20.4 Å². The summed E-state index contributed by atoms with van der Waals surface area (Å²) in [6.07, 6.45) is -9.39. The van der Waals surface area contributed by atoms with Crippen molar-refractivity contribution in [3.63, 3.8) is 0 Å². The number of hydrogen-bond donors (Lipinski definition) is 2. The number of carbonyl (C=O) groups is 1. The van der Waals surface area contributed by atoms with Crippen LogP contribution in [0.3, 0.4) is 0 Å². The van der Waals surface area contributed by atoms with Crippen LogP contribution in [-0.4, -0.2) is 39.4 Å². The zero-order valence-corrected chi connectivity index (χ0v) is 16.7. The van der Waals surface area contributed by atoms with Crippen LogP contribution >= 0.6 is 0 Å². The Labute approximate surface area is 183 Å². The van der Waals surface area contributed by atoms with Crippen LogP contribution in [0.4, 0.5) is 26.3 Å². The number of nitrogens with one attached hydrogen (secondary N) is 1. The lowest BCUT2D eigenvalue weighted by molar-refractivity contribution is -0.143. The molecular weight excluding hydrogens is 454 g/mol. The lowest BCUT2D eigenvalue weighted by Crippen LogP contribution is -2.25. The molecule has 0 atom stereocenters. The SMILES string of the molecule is NCCCNC(=O)c1ccc(-c2nnc(-c3cc(C(F)(F)F)cc(C(F)(F)F)c3)nn2)cc1. The minimum atomic E-state index is -5.00. The van der Waals surface area contributed by atoms with Crippen molar-refractivity contribution < 1.29 is 31.1 Å². The molecule has 2 aromatic carbocycles. The van der Waals surface area contributed by atoms with E-state index in [2.05, 4.69) is 25.7 Å². The Hall–Kier alpha value is -3.61. The van der Waals surface area contributed by atoms with E-state index in [1.807, 2.05) is 0 Å². The molecule has 0 saturated heterocycles. The van der Waals surface area contributed by atoms with Gasteiger partial charge in [0.05, 0.1) is 11.1 Å². The van der Waals surface area contributed by atoms with Crippen molar-refractivity contribution in [2.24, 2.45) is 5.73 Å². The largest absolute Gasteiger partial charge is 0.416 e. The molecular formula is C20H16F6N6O. The fourth-order valence-corrected chi connectivity index (χ4v) is 2.72. The summed E-state index contributed by atoms with van der Waals surface area (Å²) in [5, 5.41) is 17.4. The molecule has 0 spiro atoms. The van der Waals surface area contributed by atoms with Crippen LogP contribution in [0.25, 0.3) is 22.8 Å². The number of nitrogens with two attached hydrogens (primary N) is 1. The maximum Gasteiger partial charge on any atom is 0.416 e. The average Bonchev–Trinajstić information content (AvgIpc) is 2.78. The van der Waals surface area contributed by atoms with Crippen molar-refractivity contribution in [3.05, 3.63) is 59.2 Å². The average molecular weight is 470 g/mol. The van der Waals surface area contributed by atoms with Gasteiger partial charge in [-0.05, 0) is 43.3 Å². The molecule has 0 saturated carbocycles. The van der Waals surface area contributed by atoms with Crippen molar-refractivity contribution in [1.29, 1.82) is 0 Å². The first kappa shape index (κ1) is 24.0. The second-order valence-corrected chi connectivity index (χ2v) is 6.82. The standard InChI is InChI=1S/C20H16F6N6O/c21-19(22,23)14-8-13(9-15(10-14)20(24,25)26)17-31-29-16(30-32-17)11-2-4-12(5-3-11)18(33)28-7-1-6-27/h2-5,8-10H,1,6-7,27H2,(H,28,33). The van der Waals surface area contributed by atoms with E-state index in [9.17, 15) is 31.1 Å². The van der Waals surface area contributed by atoms with Crippen molar-refractivity contribution in [3.8, 4) is 22.8 Å². The highest BCUT2D eigenvalue weighted by molar-refractivity contribution is 5.94. The number of hydrogen-bond acceptors (Lipinski definition) is 6. The van der Waals surface area contributed by atoms with Gasteiger partial charge in [-0.25, -0.2) is 0 Å². The minimum Gasteiger partial charge on any atom is -0.352 e. The van der Waals surface area contributed by atoms with Gasteiger partial charge in [0.1, 0.15) is 0 Å². The summed E-state index contributed by atoms with van der Waals surface area (Å²) in [5.41, 5.74) is 2.57. The Kier molecular flexibility index (Phi) is 6.91. The molecule has 1 amide bonds. The molecule has 33 heavy (non-hydrogen) atoms. The summed E-state index contributed by atoms with van der Waals surface area (Å²) < 4.78 is 78.2. The van der Waals surface area contributed by atoms with Crippen LogP contribution < -0.4 is 11.1 Å². The lowest BCUT2D eigenvalue weighted by Gasteiger charge is -2.13. The lowest BCUT2D eigenvalue weighted by atomic mass is 10.0. The Bertz CT molecular complexity index is 1080. The third kappa shape index (κ3) is 6.00. The molecule has 13 heteroatoms. The zero-order valence-electron chi connectivity index (χ0n) is 16.7. The number of nitrogens with zero attached hydrogens (tertiary/aromatic N) is 4. The van der Waals surface area contributed by atoms with E-state index in [1.54, 1.807) is 0 Å². The van der Waals surface area contributed by atoms with Crippen LogP contribution in [0.15, 0.2) is 42.5 Å². The first-order valence-electron chi connectivity index (χ1n) is 9.45. The van der Waals surface area contributed by atoms with Crippen LogP contribution in [0.1, 0.15) is 27.9 Å². The molecule has 3 aromatic rings. The van der Waals surface area contributed by atoms with Gasteiger partial charge in [0.25, 0.3) is 5.91 Å². The molecule has 3 rings (SSSR count). The van der Waals surface area contributed by atoms with Gasteiger partial charge in [0, 0.05) is 23.2 Å². The number of amides is 1. The van der Waals surface area contributed by atoms with Crippen molar-refractivity contribution in [1.82, 2.24) is 25.7 Å². The summed E-state index contributed by atoms with van der Waals surface area (Å²) in [7, 11) is 0. The number of alkyl halides is 6. The molecule has 0 aliphatic heterocycles. The molecule has 0 fully saturated rings. The molecule has 0 radical (unpaired) electrons. The molecule has 3 N–H and O–H groups in total.